The van der Waals surface area contributed by atoms with Gasteiger partial charge in [0.15, 0.2) is 11.6 Å². The molecule has 0 heterocycles. The molecule has 0 saturated heterocycles. The molecule has 18 heavy (non-hydrogen) atoms. The van der Waals surface area contributed by atoms with Crippen molar-refractivity contribution in [3.63, 3.8) is 0 Å². The monoisotopic (exact) mass is 311 g/mol. The molecule has 5 heteroatoms. The third-order valence-corrected chi connectivity index (χ3v) is 2.93. The van der Waals surface area contributed by atoms with E-state index in [1.165, 1.54) is 12.1 Å². The summed E-state index contributed by atoms with van der Waals surface area (Å²) in [5.74, 6) is 0.805. The van der Waals surface area contributed by atoms with Crippen LogP contribution in [0.1, 0.15) is 0 Å². The lowest BCUT2D eigenvalue weighted by Crippen LogP contribution is -1.92. The van der Waals surface area contributed by atoms with Gasteiger partial charge in [-0.3, -0.25) is 0 Å². The molecule has 0 aliphatic heterocycles. The average Bonchev–Trinajstić information content (AvgIpc) is 2.34. The molecule has 0 radical (unpaired) electrons. The maximum Gasteiger partial charge on any atom is 0.167 e. The maximum atomic E-state index is 13.6. The molecule has 2 aromatic carbocycles. The van der Waals surface area contributed by atoms with Gasteiger partial charge in [0.05, 0.1) is 11.6 Å². The topological polar surface area (TPSA) is 44.5 Å². The van der Waals surface area contributed by atoms with Gasteiger partial charge in [0.1, 0.15) is 11.5 Å². The molecule has 2 aromatic rings. The summed E-state index contributed by atoms with van der Waals surface area (Å²) in [4.78, 5) is 0. The van der Waals surface area contributed by atoms with Crippen molar-refractivity contribution in [2.45, 2.75) is 0 Å². The first-order valence-corrected chi connectivity index (χ1v) is 5.96. The van der Waals surface area contributed by atoms with E-state index >= 15 is 0 Å². The van der Waals surface area contributed by atoms with E-state index < -0.39 is 5.82 Å². The van der Waals surface area contributed by atoms with E-state index in [-0.39, 0.29) is 5.75 Å². The first kappa shape index (κ1) is 12.7. The summed E-state index contributed by atoms with van der Waals surface area (Å²) in [6.07, 6.45) is 0. The van der Waals surface area contributed by atoms with Gasteiger partial charge >= 0.3 is 0 Å². The highest BCUT2D eigenvalue weighted by Crippen LogP contribution is 2.34. The molecule has 3 nitrogen and oxygen atoms in total. The van der Waals surface area contributed by atoms with Crippen LogP contribution in [0.2, 0.25) is 0 Å². The van der Waals surface area contributed by atoms with E-state index in [0.29, 0.717) is 21.7 Å². The Hall–Kier alpha value is -1.75. The Labute approximate surface area is 112 Å². The number of benzene rings is 2. The van der Waals surface area contributed by atoms with Crippen molar-refractivity contribution in [3.8, 4) is 17.2 Å². The third kappa shape index (κ3) is 2.73. The highest BCUT2D eigenvalue weighted by molar-refractivity contribution is 9.10. The lowest BCUT2D eigenvalue weighted by atomic mass is 10.3. The van der Waals surface area contributed by atoms with Gasteiger partial charge in [-0.25, -0.2) is 4.39 Å². The SMILES string of the molecule is COc1ccc(Oc2ccc(N)cc2F)c(Br)c1. The van der Waals surface area contributed by atoms with Gasteiger partial charge in [0.2, 0.25) is 0 Å². The van der Waals surface area contributed by atoms with Crippen molar-refractivity contribution in [1.29, 1.82) is 0 Å². The molecule has 0 saturated carbocycles. The fourth-order valence-corrected chi connectivity index (χ4v) is 1.85. The summed E-state index contributed by atoms with van der Waals surface area (Å²) >= 11 is 3.33. The summed E-state index contributed by atoms with van der Waals surface area (Å²) in [5.41, 5.74) is 5.82. The number of anilines is 1. The first-order chi connectivity index (χ1) is 8.60. The van der Waals surface area contributed by atoms with Gasteiger partial charge in [-0.15, -0.1) is 0 Å². The third-order valence-electron chi connectivity index (χ3n) is 2.31. The van der Waals surface area contributed by atoms with Crippen molar-refractivity contribution in [3.05, 3.63) is 46.7 Å². The molecule has 0 aliphatic rings. The van der Waals surface area contributed by atoms with E-state index in [1.54, 1.807) is 31.4 Å². The molecule has 0 aromatic heterocycles. The van der Waals surface area contributed by atoms with Crippen molar-refractivity contribution >= 4 is 21.6 Å². The molecular formula is C13H11BrFNO2. The fraction of sp³-hybridized carbons (Fsp3) is 0.0769. The van der Waals surface area contributed by atoms with Crippen LogP contribution in [0, 0.1) is 5.82 Å². The second kappa shape index (κ2) is 5.27. The highest BCUT2D eigenvalue weighted by Gasteiger charge is 2.08. The van der Waals surface area contributed by atoms with Crippen LogP contribution in [-0.4, -0.2) is 7.11 Å². The van der Waals surface area contributed by atoms with Crippen LogP contribution >= 0.6 is 15.9 Å². The summed E-state index contributed by atoms with van der Waals surface area (Å²) in [5, 5.41) is 0. The number of rotatable bonds is 3. The Kier molecular flexibility index (Phi) is 3.72. The Balaban J connectivity index is 2.28. The number of ether oxygens (including phenoxy) is 2. The standard InChI is InChI=1S/C13H11BrFNO2/c1-17-9-3-5-12(10(14)7-9)18-13-4-2-8(16)6-11(13)15/h2-7H,16H2,1H3. The summed E-state index contributed by atoms with van der Waals surface area (Å²) in [6, 6.07) is 9.45. The molecule has 0 bridgehead atoms. The van der Waals surface area contributed by atoms with E-state index in [0.717, 1.165) is 0 Å². The fourth-order valence-electron chi connectivity index (χ4n) is 1.41. The molecular weight excluding hydrogens is 301 g/mol. The number of nitrogen functional groups attached to an aromatic ring is 1. The maximum absolute atomic E-state index is 13.6. The largest absolute Gasteiger partial charge is 0.497 e. The number of halogens is 2. The van der Waals surface area contributed by atoms with Crippen LogP contribution < -0.4 is 15.2 Å². The van der Waals surface area contributed by atoms with E-state index in [9.17, 15) is 4.39 Å². The van der Waals surface area contributed by atoms with Crippen LogP contribution in [0.4, 0.5) is 10.1 Å². The number of hydrogen-bond acceptors (Lipinski definition) is 3. The highest BCUT2D eigenvalue weighted by atomic mass is 79.9. The van der Waals surface area contributed by atoms with Crippen molar-refractivity contribution in [2.75, 3.05) is 12.8 Å². The second-order valence-electron chi connectivity index (χ2n) is 3.59. The van der Waals surface area contributed by atoms with Crippen molar-refractivity contribution in [2.24, 2.45) is 0 Å². The van der Waals surface area contributed by atoms with E-state index in [4.69, 9.17) is 15.2 Å². The minimum Gasteiger partial charge on any atom is -0.497 e. The lowest BCUT2D eigenvalue weighted by molar-refractivity contribution is 0.410. The minimum absolute atomic E-state index is 0.120. The zero-order chi connectivity index (χ0) is 13.1. The predicted molar refractivity (Wildman–Crippen MR) is 71.6 cm³/mol. The summed E-state index contributed by atoms with van der Waals surface area (Å²) in [7, 11) is 1.57. The van der Waals surface area contributed by atoms with E-state index in [1.807, 2.05) is 0 Å². The van der Waals surface area contributed by atoms with Gasteiger partial charge in [-0.05, 0) is 46.3 Å². The lowest BCUT2D eigenvalue weighted by Gasteiger charge is -2.10. The molecule has 2 rings (SSSR count). The van der Waals surface area contributed by atoms with Crippen molar-refractivity contribution in [1.82, 2.24) is 0 Å². The first-order valence-electron chi connectivity index (χ1n) is 5.16. The molecule has 0 fully saturated rings. The van der Waals surface area contributed by atoms with Crippen LogP contribution in [0.25, 0.3) is 0 Å². The molecule has 2 N–H and O–H groups in total. The van der Waals surface area contributed by atoms with Gasteiger partial charge < -0.3 is 15.2 Å². The van der Waals surface area contributed by atoms with Crippen LogP contribution in [-0.2, 0) is 0 Å². The van der Waals surface area contributed by atoms with Gasteiger partial charge in [0.25, 0.3) is 0 Å². The van der Waals surface area contributed by atoms with E-state index in [2.05, 4.69) is 15.9 Å². The minimum atomic E-state index is -0.502. The number of hydrogen-bond donors (Lipinski definition) is 1. The van der Waals surface area contributed by atoms with Gasteiger partial charge in [-0.2, -0.15) is 0 Å². The second-order valence-corrected chi connectivity index (χ2v) is 4.44. The summed E-state index contributed by atoms with van der Waals surface area (Å²) < 4.78 is 24.8. The molecule has 0 spiro atoms. The Morgan fingerprint density at radius 1 is 1.11 bits per heavy atom. The quantitative estimate of drug-likeness (QED) is 0.872. The Bertz CT molecular complexity index is 575. The average molecular weight is 312 g/mol. The zero-order valence-electron chi connectivity index (χ0n) is 9.61. The van der Waals surface area contributed by atoms with Gasteiger partial charge in [0, 0.05) is 11.8 Å². The van der Waals surface area contributed by atoms with Crippen LogP contribution in [0.15, 0.2) is 40.9 Å². The molecule has 0 amide bonds. The summed E-state index contributed by atoms with van der Waals surface area (Å²) in [6.45, 7) is 0. The Morgan fingerprint density at radius 2 is 1.83 bits per heavy atom. The smallest absolute Gasteiger partial charge is 0.167 e. The van der Waals surface area contributed by atoms with Crippen molar-refractivity contribution < 1.29 is 13.9 Å². The molecule has 0 aliphatic carbocycles. The van der Waals surface area contributed by atoms with Crippen LogP contribution in [0.5, 0.6) is 17.2 Å². The molecule has 94 valence electrons. The van der Waals surface area contributed by atoms with Crippen LogP contribution in [0.3, 0.4) is 0 Å². The number of methoxy groups -OCH3 is 1. The normalized spacial score (nSPS) is 10.2. The Morgan fingerprint density at radius 3 is 2.44 bits per heavy atom. The van der Waals surface area contributed by atoms with Gasteiger partial charge in [-0.1, -0.05) is 0 Å². The molecule has 0 unspecified atom stereocenters. The number of nitrogens with two attached hydrogens (primary N) is 1. The predicted octanol–water partition coefficient (Wildman–Crippen LogP) is 3.97. The molecule has 0 atom stereocenters. The zero-order valence-corrected chi connectivity index (χ0v) is 11.2.